The SMILES string of the molecule is C[C@@H]1CNc2c(sc3ccc4nc(Oc5cc(CNC(C)(C)C)nc(Cl)n5)ccc4c23)C(=O)N1C. The number of amides is 1. The molecule has 35 heavy (non-hydrogen) atoms. The molecule has 0 radical (unpaired) electrons. The lowest BCUT2D eigenvalue weighted by Gasteiger charge is -2.21. The van der Waals surface area contributed by atoms with E-state index in [0.29, 0.717) is 24.8 Å². The first kappa shape index (κ1) is 23.7. The van der Waals surface area contributed by atoms with Crippen molar-refractivity contribution >= 4 is 55.5 Å². The lowest BCUT2D eigenvalue weighted by molar-refractivity contribution is 0.0762. The fraction of sp³-hybridized carbons (Fsp3) is 0.360. The third kappa shape index (κ3) is 4.76. The lowest BCUT2D eigenvalue weighted by atomic mass is 10.1. The first-order chi connectivity index (χ1) is 16.6. The Morgan fingerprint density at radius 1 is 1.20 bits per heavy atom. The van der Waals surface area contributed by atoms with Gasteiger partial charge in [0.25, 0.3) is 5.91 Å². The molecule has 8 nitrogen and oxygen atoms in total. The summed E-state index contributed by atoms with van der Waals surface area (Å²) >= 11 is 7.65. The van der Waals surface area contributed by atoms with E-state index in [2.05, 4.69) is 41.4 Å². The summed E-state index contributed by atoms with van der Waals surface area (Å²) in [7, 11) is 1.85. The molecular formula is C25H27ClN6O2S. The Bertz CT molecular complexity index is 1450. The number of aromatic nitrogens is 3. The van der Waals surface area contributed by atoms with Crippen LogP contribution in [0.4, 0.5) is 5.69 Å². The van der Waals surface area contributed by atoms with Gasteiger partial charge in [-0.05, 0) is 57.5 Å². The van der Waals surface area contributed by atoms with Gasteiger partial charge in [0.05, 0.1) is 16.9 Å². The van der Waals surface area contributed by atoms with Crippen molar-refractivity contribution in [3.05, 3.63) is 46.2 Å². The number of fused-ring (bicyclic) bond motifs is 5. The topological polar surface area (TPSA) is 92.3 Å². The van der Waals surface area contributed by atoms with E-state index in [1.54, 1.807) is 11.0 Å². The zero-order valence-corrected chi connectivity index (χ0v) is 21.8. The van der Waals surface area contributed by atoms with Crippen LogP contribution in [0.2, 0.25) is 5.28 Å². The average molecular weight is 511 g/mol. The molecule has 1 aromatic carbocycles. The number of carbonyl (C=O) groups is 1. The number of ether oxygens (including phenoxy) is 1. The van der Waals surface area contributed by atoms with Gasteiger partial charge in [-0.3, -0.25) is 4.79 Å². The zero-order valence-electron chi connectivity index (χ0n) is 20.3. The predicted octanol–water partition coefficient (Wildman–Crippen LogP) is 5.46. The van der Waals surface area contributed by atoms with E-state index in [1.807, 2.05) is 38.2 Å². The molecule has 5 rings (SSSR count). The van der Waals surface area contributed by atoms with Crippen LogP contribution in [0.25, 0.3) is 21.0 Å². The quantitative estimate of drug-likeness (QED) is 0.352. The fourth-order valence-corrected chi connectivity index (χ4v) is 5.32. The molecule has 4 aromatic rings. The second-order valence-corrected chi connectivity index (χ2v) is 11.2. The minimum Gasteiger partial charge on any atom is -0.421 e. The van der Waals surface area contributed by atoms with Crippen molar-refractivity contribution in [1.29, 1.82) is 0 Å². The van der Waals surface area contributed by atoms with E-state index in [4.69, 9.17) is 21.3 Å². The van der Waals surface area contributed by atoms with Crippen LogP contribution in [0.5, 0.6) is 11.8 Å². The number of nitrogens with one attached hydrogen (secondary N) is 2. The molecule has 1 aliphatic heterocycles. The largest absolute Gasteiger partial charge is 0.421 e. The van der Waals surface area contributed by atoms with Gasteiger partial charge in [0.1, 0.15) is 4.88 Å². The van der Waals surface area contributed by atoms with Gasteiger partial charge in [-0.25, -0.2) is 9.97 Å². The van der Waals surface area contributed by atoms with Crippen molar-refractivity contribution in [1.82, 2.24) is 25.2 Å². The molecule has 2 N–H and O–H groups in total. The summed E-state index contributed by atoms with van der Waals surface area (Å²) in [5, 5.41) is 8.96. The third-order valence-corrected chi connectivity index (χ3v) is 7.30. The Labute approximate surface area is 212 Å². The molecule has 1 atom stereocenters. The number of hydrogen-bond donors (Lipinski definition) is 2. The number of thiophene rings is 1. The van der Waals surface area contributed by atoms with Crippen LogP contribution >= 0.6 is 22.9 Å². The molecule has 0 aliphatic carbocycles. The molecule has 1 aliphatic rings. The van der Waals surface area contributed by atoms with Crippen molar-refractivity contribution < 1.29 is 9.53 Å². The predicted molar refractivity (Wildman–Crippen MR) is 141 cm³/mol. The number of halogens is 1. The zero-order chi connectivity index (χ0) is 24.9. The standard InChI is InChI=1S/C25H27ClN6O2S/c1-13-11-27-21-20-15-6-9-18(30-16(15)7-8-17(20)35-22(21)23(33)32(13)5)34-19-10-14(29-24(26)31-19)12-28-25(2,3)4/h6-10,13,27-28H,11-12H2,1-5H3/t13-/m1/s1. The van der Waals surface area contributed by atoms with Crippen molar-refractivity contribution in [2.75, 3.05) is 18.9 Å². The van der Waals surface area contributed by atoms with Crippen molar-refractivity contribution in [2.45, 2.75) is 45.8 Å². The molecule has 0 unspecified atom stereocenters. The van der Waals surface area contributed by atoms with E-state index in [-0.39, 0.29) is 22.8 Å². The summed E-state index contributed by atoms with van der Waals surface area (Å²) < 4.78 is 7.01. The maximum Gasteiger partial charge on any atom is 0.266 e. The molecule has 0 saturated heterocycles. The molecule has 182 valence electrons. The highest BCUT2D eigenvalue weighted by Crippen LogP contribution is 2.42. The number of anilines is 1. The normalized spacial score (nSPS) is 16.3. The number of carbonyl (C=O) groups excluding carboxylic acids is 1. The maximum absolute atomic E-state index is 13.0. The molecule has 0 saturated carbocycles. The number of hydrogen-bond acceptors (Lipinski definition) is 8. The highest BCUT2D eigenvalue weighted by molar-refractivity contribution is 7.21. The van der Waals surface area contributed by atoms with Gasteiger partial charge >= 0.3 is 0 Å². The van der Waals surface area contributed by atoms with Gasteiger partial charge in [0.15, 0.2) is 0 Å². The molecular weight excluding hydrogens is 484 g/mol. The molecule has 1 amide bonds. The molecule has 0 fully saturated rings. The highest BCUT2D eigenvalue weighted by atomic mass is 35.5. The summed E-state index contributed by atoms with van der Waals surface area (Å²) in [5.74, 6) is 0.773. The third-order valence-electron chi connectivity index (χ3n) is 5.98. The Morgan fingerprint density at radius 2 is 2.00 bits per heavy atom. The summed E-state index contributed by atoms with van der Waals surface area (Å²) in [6.07, 6.45) is 0. The Kier molecular flexibility index (Phi) is 6.03. The molecule has 10 heteroatoms. The summed E-state index contributed by atoms with van der Waals surface area (Å²) in [6.45, 7) is 9.51. The van der Waals surface area contributed by atoms with E-state index in [1.165, 1.54) is 11.3 Å². The Balaban J connectivity index is 1.49. The number of rotatable bonds is 4. The van der Waals surface area contributed by atoms with Gasteiger partial charge in [0, 0.05) is 59.3 Å². The molecule has 0 spiro atoms. The van der Waals surface area contributed by atoms with Gasteiger partial charge in [-0.15, -0.1) is 11.3 Å². The van der Waals surface area contributed by atoms with Crippen molar-refractivity contribution in [3.8, 4) is 11.8 Å². The van der Waals surface area contributed by atoms with Gasteiger partial charge in [-0.2, -0.15) is 4.98 Å². The van der Waals surface area contributed by atoms with Gasteiger partial charge in [0.2, 0.25) is 17.0 Å². The first-order valence-electron chi connectivity index (χ1n) is 11.4. The minimum absolute atomic E-state index is 0.0390. The molecule has 3 aromatic heterocycles. The fourth-order valence-electron chi connectivity index (χ4n) is 3.95. The van der Waals surface area contributed by atoms with Crippen LogP contribution in [0.3, 0.4) is 0 Å². The molecule has 0 bridgehead atoms. The average Bonchev–Trinajstić information content (AvgIpc) is 3.14. The number of likely N-dealkylation sites (N-methyl/N-ethyl adjacent to an activating group) is 1. The van der Waals surface area contributed by atoms with Crippen molar-refractivity contribution in [2.24, 2.45) is 0 Å². The van der Waals surface area contributed by atoms with Crippen LogP contribution in [0.15, 0.2) is 30.3 Å². The second kappa shape index (κ2) is 8.89. The first-order valence-corrected chi connectivity index (χ1v) is 12.6. The smallest absolute Gasteiger partial charge is 0.266 e. The lowest BCUT2D eigenvalue weighted by Crippen LogP contribution is -2.36. The maximum atomic E-state index is 13.0. The Hall–Kier alpha value is -3.01. The van der Waals surface area contributed by atoms with E-state index < -0.39 is 0 Å². The van der Waals surface area contributed by atoms with E-state index in [9.17, 15) is 4.79 Å². The minimum atomic E-state index is -0.0591. The highest BCUT2D eigenvalue weighted by Gasteiger charge is 2.28. The van der Waals surface area contributed by atoms with Crippen LogP contribution in [-0.2, 0) is 6.54 Å². The summed E-state index contributed by atoms with van der Waals surface area (Å²) in [4.78, 5) is 28.7. The number of pyridine rings is 1. The monoisotopic (exact) mass is 510 g/mol. The van der Waals surface area contributed by atoms with Gasteiger partial charge < -0.3 is 20.3 Å². The number of benzene rings is 1. The summed E-state index contributed by atoms with van der Waals surface area (Å²) in [5.41, 5.74) is 2.32. The number of nitrogens with zero attached hydrogens (tertiary/aromatic N) is 4. The second-order valence-electron chi connectivity index (χ2n) is 9.78. The summed E-state index contributed by atoms with van der Waals surface area (Å²) in [6, 6.07) is 9.59. The van der Waals surface area contributed by atoms with Crippen LogP contribution in [0, 0.1) is 0 Å². The van der Waals surface area contributed by atoms with Crippen LogP contribution in [0.1, 0.15) is 43.1 Å². The molecule has 4 heterocycles. The van der Waals surface area contributed by atoms with Gasteiger partial charge in [-0.1, -0.05) is 0 Å². The van der Waals surface area contributed by atoms with Crippen LogP contribution < -0.4 is 15.4 Å². The Morgan fingerprint density at radius 3 is 2.77 bits per heavy atom. The van der Waals surface area contributed by atoms with E-state index in [0.717, 1.165) is 37.2 Å². The van der Waals surface area contributed by atoms with Crippen molar-refractivity contribution in [3.63, 3.8) is 0 Å². The van der Waals surface area contributed by atoms with Crippen LogP contribution in [-0.4, -0.2) is 50.9 Å². The van der Waals surface area contributed by atoms with E-state index >= 15 is 0 Å².